The average molecular weight is 345 g/mol. The third kappa shape index (κ3) is 3.62. The first-order chi connectivity index (χ1) is 10.4. The molecule has 1 saturated heterocycles. The molecule has 1 N–H and O–H groups in total. The van der Waals surface area contributed by atoms with Crippen LogP contribution in [-0.2, 0) is 10.0 Å². The van der Waals surface area contributed by atoms with Crippen LogP contribution < -0.4 is 5.32 Å². The summed E-state index contributed by atoms with van der Waals surface area (Å²) in [7, 11) is -3.58. The zero-order valence-corrected chi connectivity index (χ0v) is 14.4. The van der Waals surface area contributed by atoms with Crippen molar-refractivity contribution >= 4 is 27.5 Å². The Morgan fingerprint density at radius 3 is 2.59 bits per heavy atom. The van der Waals surface area contributed by atoms with E-state index in [-0.39, 0.29) is 21.4 Å². The zero-order valence-electron chi connectivity index (χ0n) is 12.8. The first kappa shape index (κ1) is 17.2. The minimum absolute atomic E-state index is 0.118. The van der Waals surface area contributed by atoms with Crippen molar-refractivity contribution in [2.45, 2.75) is 31.6 Å². The quantitative estimate of drug-likeness (QED) is 0.912. The van der Waals surface area contributed by atoms with Gasteiger partial charge in [-0.15, -0.1) is 0 Å². The Morgan fingerprint density at radius 2 is 2.00 bits per heavy atom. The average Bonchev–Trinajstić information content (AvgIpc) is 2.48. The van der Waals surface area contributed by atoms with Crippen molar-refractivity contribution < 1.29 is 13.2 Å². The van der Waals surface area contributed by atoms with E-state index in [9.17, 15) is 13.2 Å². The molecule has 22 heavy (non-hydrogen) atoms. The van der Waals surface area contributed by atoms with E-state index < -0.39 is 10.0 Å². The lowest BCUT2D eigenvalue weighted by Crippen LogP contribution is -2.38. The minimum atomic E-state index is -3.58. The number of benzene rings is 1. The standard InChI is InChI=1S/C15H21ClN2O3S/c1-3-17-15(19)13-10-12(4-5-14(13)16)22(20,21)18-8-6-11(2)7-9-18/h4-5,10-11H,3,6-9H2,1-2H3,(H,17,19). The van der Waals surface area contributed by atoms with E-state index in [1.807, 2.05) is 0 Å². The fourth-order valence-electron chi connectivity index (χ4n) is 2.47. The molecule has 0 aliphatic carbocycles. The van der Waals surface area contributed by atoms with Gasteiger partial charge in [-0.25, -0.2) is 8.42 Å². The molecule has 2 rings (SSSR count). The van der Waals surface area contributed by atoms with Crippen molar-refractivity contribution in [3.8, 4) is 0 Å². The molecule has 1 aliphatic rings. The molecule has 1 aliphatic heterocycles. The van der Waals surface area contributed by atoms with Gasteiger partial charge in [-0.2, -0.15) is 4.31 Å². The van der Waals surface area contributed by atoms with E-state index >= 15 is 0 Å². The van der Waals surface area contributed by atoms with Crippen LogP contribution in [-0.4, -0.2) is 38.3 Å². The molecule has 0 atom stereocenters. The number of piperidine rings is 1. The van der Waals surface area contributed by atoms with Gasteiger partial charge in [0.1, 0.15) is 0 Å². The maximum Gasteiger partial charge on any atom is 0.252 e. The lowest BCUT2D eigenvalue weighted by atomic mass is 10.0. The number of sulfonamides is 1. The second-order valence-corrected chi connectivity index (χ2v) is 7.93. The molecule has 1 heterocycles. The van der Waals surface area contributed by atoms with Crippen LogP contribution >= 0.6 is 11.6 Å². The number of hydrogen-bond acceptors (Lipinski definition) is 3. The number of amides is 1. The van der Waals surface area contributed by atoms with Gasteiger partial charge in [0.2, 0.25) is 10.0 Å². The van der Waals surface area contributed by atoms with E-state index in [0.717, 1.165) is 12.8 Å². The number of carbonyl (C=O) groups is 1. The molecule has 0 bridgehead atoms. The third-order valence-corrected chi connectivity index (χ3v) is 6.12. The molecule has 0 aromatic heterocycles. The van der Waals surface area contributed by atoms with E-state index in [1.165, 1.54) is 22.5 Å². The first-order valence-electron chi connectivity index (χ1n) is 7.44. The fraction of sp³-hybridized carbons (Fsp3) is 0.533. The SMILES string of the molecule is CCNC(=O)c1cc(S(=O)(=O)N2CCC(C)CC2)ccc1Cl. The molecule has 5 nitrogen and oxygen atoms in total. The van der Waals surface area contributed by atoms with Gasteiger partial charge in [0.05, 0.1) is 15.5 Å². The predicted molar refractivity (Wildman–Crippen MR) is 86.6 cm³/mol. The smallest absolute Gasteiger partial charge is 0.252 e. The molecule has 0 unspecified atom stereocenters. The van der Waals surface area contributed by atoms with E-state index in [0.29, 0.717) is 25.6 Å². The highest BCUT2D eigenvalue weighted by atomic mass is 35.5. The van der Waals surface area contributed by atoms with Gasteiger partial charge >= 0.3 is 0 Å². The fourth-order valence-corrected chi connectivity index (χ4v) is 4.17. The van der Waals surface area contributed by atoms with Crippen molar-refractivity contribution in [2.24, 2.45) is 5.92 Å². The van der Waals surface area contributed by atoms with Crippen LogP contribution in [0.3, 0.4) is 0 Å². The van der Waals surface area contributed by atoms with Crippen molar-refractivity contribution in [2.75, 3.05) is 19.6 Å². The Kier molecular flexibility index (Phi) is 5.47. The van der Waals surface area contributed by atoms with Crippen molar-refractivity contribution in [3.05, 3.63) is 28.8 Å². The van der Waals surface area contributed by atoms with Gasteiger partial charge < -0.3 is 5.32 Å². The van der Waals surface area contributed by atoms with Crippen LogP contribution in [0.5, 0.6) is 0 Å². The molecule has 7 heteroatoms. The zero-order chi connectivity index (χ0) is 16.3. The number of halogens is 1. The van der Waals surface area contributed by atoms with Crippen LogP contribution in [0.1, 0.15) is 37.0 Å². The molecule has 1 aromatic rings. The van der Waals surface area contributed by atoms with Crippen LogP contribution in [0, 0.1) is 5.92 Å². The lowest BCUT2D eigenvalue weighted by molar-refractivity contribution is 0.0956. The van der Waals surface area contributed by atoms with Crippen molar-refractivity contribution in [1.82, 2.24) is 9.62 Å². The van der Waals surface area contributed by atoms with Gasteiger partial charge in [-0.05, 0) is 43.9 Å². The highest BCUT2D eigenvalue weighted by Gasteiger charge is 2.29. The van der Waals surface area contributed by atoms with E-state index in [1.54, 1.807) is 6.92 Å². The summed E-state index contributed by atoms with van der Waals surface area (Å²) in [6.45, 7) is 5.40. The van der Waals surface area contributed by atoms with Gasteiger partial charge in [-0.1, -0.05) is 18.5 Å². The topological polar surface area (TPSA) is 66.5 Å². The number of hydrogen-bond donors (Lipinski definition) is 1. The summed E-state index contributed by atoms with van der Waals surface area (Å²) in [6, 6.07) is 4.28. The predicted octanol–water partition coefficient (Wildman–Crippen LogP) is 2.51. The molecule has 0 spiro atoms. The maximum atomic E-state index is 12.7. The summed E-state index contributed by atoms with van der Waals surface area (Å²) in [5.74, 6) is 0.180. The molecular formula is C15H21ClN2O3S. The number of rotatable bonds is 4. The summed E-state index contributed by atoms with van der Waals surface area (Å²) >= 11 is 6.01. The highest BCUT2D eigenvalue weighted by Crippen LogP contribution is 2.26. The monoisotopic (exact) mass is 344 g/mol. The Bertz CT molecular complexity index is 653. The Balaban J connectivity index is 2.31. The van der Waals surface area contributed by atoms with Gasteiger partial charge in [0, 0.05) is 19.6 Å². The van der Waals surface area contributed by atoms with Crippen molar-refractivity contribution in [1.29, 1.82) is 0 Å². The van der Waals surface area contributed by atoms with Crippen molar-refractivity contribution in [3.63, 3.8) is 0 Å². The molecule has 122 valence electrons. The van der Waals surface area contributed by atoms with Crippen LogP contribution in [0.15, 0.2) is 23.1 Å². The second-order valence-electron chi connectivity index (χ2n) is 5.59. The molecule has 1 aromatic carbocycles. The lowest BCUT2D eigenvalue weighted by Gasteiger charge is -2.29. The molecule has 0 saturated carbocycles. The highest BCUT2D eigenvalue weighted by molar-refractivity contribution is 7.89. The third-order valence-electron chi connectivity index (χ3n) is 3.90. The van der Waals surface area contributed by atoms with E-state index in [2.05, 4.69) is 12.2 Å². The number of carbonyl (C=O) groups excluding carboxylic acids is 1. The van der Waals surface area contributed by atoms with Gasteiger partial charge in [0.25, 0.3) is 5.91 Å². The van der Waals surface area contributed by atoms with Crippen LogP contribution in [0.25, 0.3) is 0 Å². The van der Waals surface area contributed by atoms with Crippen LogP contribution in [0.2, 0.25) is 5.02 Å². The maximum absolute atomic E-state index is 12.7. The number of nitrogens with zero attached hydrogens (tertiary/aromatic N) is 1. The molecule has 0 radical (unpaired) electrons. The summed E-state index contributed by atoms with van der Waals surface area (Å²) in [4.78, 5) is 12.1. The normalized spacial score (nSPS) is 17.4. The summed E-state index contributed by atoms with van der Waals surface area (Å²) in [6.07, 6.45) is 1.71. The second kappa shape index (κ2) is 6.98. The van der Waals surface area contributed by atoms with Gasteiger partial charge in [-0.3, -0.25) is 4.79 Å². The van der Waals surface area contributed by atoms with E-state index in [4.69, 9.17) is 11.6 Å². The molecule has 1 amide bonds. The van der Waals surface area contributed by atoms with Gasteiger partial charge in [0.15, 0.2) is 0 Å². The minimum Gasteiger partial charge on any atom is -0.352 e. The molecular weight excluding hydrogens is 324 g/mol. The molecule has 1 fully saturated rings. The Morgan fingerprint density at radius 1 is 1.36 bits per heavy atom. The summed E-state index contributed by atoms with van der Waals surface area (Å²) in [5, 5.41) is 2.88. The Labute approximate surface area is 136 Å². The van der Waals surface area contributed by atoms with Crippen LogP contribution in [0.4, 0.5) is 0 Å². The largest absolute Gasteiger partial charge is 0.352 e. The number of nitrogens with one attached hydrogen (secondary N) is 1. The summed E-state index contributed by atoms with van der Waals surface area (Å²) in [5.41, 5.74) is 0.190. The summed E-state index contributed by atoms with van der Waals surface area (Å²) < 4.78 is 26.9. The first-order valence-corrected chi connectivity index (χ1v) is 9.26. The Hall–Kier alpha value is -1.11.